The van der Waals surface area contributed by atoms with Crippen LogP contribution in [0.4, 0.5) is 17.1 Å². The Balaban J connectivity index is 1.90. The molecule has 0 amide bonds. The van der Waals surface area contributed by atoms with Crippen LogP contribution >= 0.6 is 0 Å². The van der Waals surface area contributed by atoms with Crippen LogP contribution in [0, 0.1) is 0 Å². The Morgan fingerprint density at radius 2 is 0.784 bits per heavy atom. The molecule has 0 saturated heterocycles. The molecule has 0 spiro atoms. The van der Waals surface area contributed by atoms with Gasteiger partial charge in [-0.1, -0.05) is 60.7 Å². The average Bonchev–Trinajstić information content (AvgIpc) is 2.84. The van der Waals surface area contributed by atoms with Gasteiger partial charge < -0.3 is 21.1 Å². The standard InChI is InChI=1S/C33H39N3O/c1-31(2,34-24-16-10-7-11-17-24)27-22-23-28(37)30(33(5,6)36-26-20-14-9-15-21-26)29(27)32(3,4)35-25-18-12-8-13-19-25/h7-23,34-37H,1-6H3. The fourth-order valence-electron chi connectivity index (χ4n) is 5.23. The second kappa shape index (κ2) is 10.2. The molecule has 4 N–H and O–H groups in total. The molecule has 4 nitrogen and oxygen atoms in total. The summed E-state index contributed by atoms with van der Waals surface area (Å²) in [6, 6.07) is 34.5. The van der Waals surface area contributed by atoms with Gasteiger partial charge >= 0.3 is 0 Å². The lowest BCUT2D eigenvalue weighted by Gasteiger charge is -2.42. The van der Waals surface area contributed by atoms with Gasteiger partial charge in [0.25, 0.3) is 0 Å². The number of benzene rings is 4. The second-order valence-electron chi connectivity index (χ2n) is 11.2. The lowest BCUT2D eigenvalue weighted by Crippen LogP contribution is -2.40. The number of aromatic hydroxyl groups is 1. The summed E-state index contributed by atoms with van der Waals surface area (Å²) in [6.07, 6.45) is 0. The summed E-state index contributed by atoms with van der Waals surface area (Å²) in [5.74, 6) is 0.269. The molecule has 37 heavy (non-hydrogen) atoms. The Morgan fingerprint density at radius 3 is 1.19 bits per heavy atom. The summed E-state index contributed by atoms with van der Waals surface area (Å²) in [4.78, 5) is 0. The number of phenols is 1. The molecule has 4 aromatic carbocycles. The normalized spacial score (nSPS) is 12.2. The minimum atomic E-state index is -0.574. The average molecular weight is 494 g/mol. The number of nitrogens with one attached hydrogen (secondary N) is 3. The van der Waals surface area contributed by atoms with Crippen molar-refractivity contribution in [2.45, 2.75) is 58.2 Å². The van der Waals surface area contributed by atoms with E-state index in [1.807, 2.05) is 60.7 Å². The van der Waals surface area contributed by atoms with Crippen LogP contribution in [0.25, 0.3) is 0 Å². The van der Waals surface area contributed by atoms with E-state index < -0.39 is 16.6 Å². The Morgan fingerprint density at radius 1 is 0.432 bits per heavy atom. The first-order valence-corrected chi connectivity index (χ1v) is 12.9. The van der Waals surface area contributed by atoms with Gasteiger partial charge in [-0.05, 0) is 95.1 Å². The number of hydrogen-bond acceptors (Lipinski definition) is 4. The molecule has 192 valence electrons. The molecule has 0 aliphatic carbocycles. The van der Waals surface area contributed by atoms with Gasteiger partial charge in [-0.15, -0.1) is 0 Å². The van der Waals surface area contributed by atoms with Crippen molar-refractivity contribution in [1.29, 1.82) is 0 Å². The molecular formula is C33H39N3O. The number of rotatable bonds is 9. The monoisotopic (exact) mass is 493 g/mol. The molecule has 4 rings (SSSR count). The first kappa shape index (κ1) is 26.2. The van der Waals surface area contributed by atoms with E-state index >= 15 is 0 Å². The molecule has 0 aromatic heterocycles. The van der Waals surface area contributed by atoms with E-state index in [2.05, 4.69) is 100.0 Å². The van der Waals surface area contributed by atoms with Gasteiger partial charge in [-0.25, -0.2) is 0 Å². The highest BCUT2D eigenvalue weighted by Gasteiger charge is 2.39. The maximum atomic E-state index is 11.4. The summed E-state index contributed by atoms with van der Waals surface area (Å²) in [5, 5.41) is 22.6. The van der Waals surface area contributed by atoms with E-state index in [1.165, 1.54) is 0 Å². The molecule has 0 bridgehead atoms. The van der Waals surface area contributed by atoms with Crippen LogP contribution in [-0.2, 0) is 16.6 Å². The summed E-state index contributed by atoms with van der Waals surface area (Å²) in [7, 11) is 0. The zero-order chi connectivity index (χ0) is 26.7. The van der Waals surface area contributed by atoms with Crippen molar-refractivity contribution in [1.82, 2.24) is 0 Å². The lowest BCUT2D eigenvalue weighted by molar-refractivity contribution is 0.435. The van der Waals surface area contributed by atoms with Crippen molar-refractivity contribution in [3.8, 4) is 5.75 Å². The Kier molecular flexibility index (Phi) is 7.22. The number of para-hydroxylation sites is 3. The quantitative estimate of drug-likeness (QED) is 0.189. The maximum absolute atomic E-state index is 11.4. The van der Waals surface area contributed by atoms with Gasteiger partial charge in [-0.2, -0.15) is 0 Å². The fourth-order valence-corrected chi connectivity index (χ4v) is 5.23. The molecule has 0 fully saturated rings. The van der Waals surface area contributed by atoms with Gasteiger partial charge in [0.2, 0.25) is 0 Å². The molecule has 4 aromatic rings. The topological polar surface area (TPSA) is 56.3 Å². The maximum Gasteiger partial charge on any atom is 0.121 e. The number of hydrogen-bond donors (Lipinski definition) is 4. The van der Waals surface area contributed by atoms with Crippen LogP contribution in [0.2, 0.25) is 0 Å². The predicted octanol–water partition coefficient (Wildman–Crippen LogP) is 8.43. The summed E-state index contributed by atoms with van der Waals surface area (Å²) in [5.41, 5.74) is 4.57. The highest BCUT2D eigenvalue weighted by atomic mass is 16.3. The Labute approximate surface area is 221 Å². The van der Waals surface area contributed by atoms with E-state index in [0.717, 1.165) is 33.8 Å². The van der Waals surface area contributed by atoms with E-state index in [0.29, 0.717) is 0 Å². The third-order valence-corrected chi connectivity index (χ3v) is 6.80. The van der Waals surface area contributed by atoms with Crippen molar-refractivity contribution in [3.05, 3.63) is 120 Å². The zero-order valence-electron chi connectivity index (χ0n) is 22.8. The largest absolute Gasteiger partial charge is 0.508 e. The molecule has 0 heterocycles. The SMILES string of the molecule is CC(C)(Nc1ccccc1)c1ccc(O)c(C(C)(C)Nc2ccccc2)c1C(C)(C)Nc1ccccc1. The van der Waals surface area contributed by atoms with E-state index in [1.54, 1.807) is 0 Å². The van der Waals surface area contributed by atoms with Crippen LogP contribution in [0.3, 0.4) is 0 Å². The molecule has 0 aliphatic heterocycles. The van der Waals surface area contributed by atoms with Crippen LogP contribution in [-0.4, -0.2) is 5.11 Å². The van der Waals surface area contributed by atoms with Gasteiger partial charge in [0.15, 0.2) is 0 Å². The third-order valence-electron chi connectivity index (χ3n) is 6.80. The van der Waals surface area contributed by atoms with Gasteiger partial charge in [-0.3, -0.25) is 0 Å². The van der Waals surface area contributed by atoms with Crippen LogP contribution in [0.15, 0.2) is 103 Å². The Bertz CT molecular complexity index is 1310. The molecule has 0 unspecified atom stereocenters. The van der Waals surface area contributed by atoms with Crippen LogP contribution < -0.4 is 16.0 Å². The fraction of sp³-hybridized carbons (Fsp3) is 0.273. The van der Waals surface area contributed by atoms with Crippen molar-refractivity contribution < 1.29 is 5.11 Å². The molecular weight excluding hydrogens is 454 g/mol. The van der Waals surface area contributed by atoms with E-state index in [9.17, 15) is 5.11 Å². The summed E-state index contributed by atoms with van der Waals surface area (Å²) < 4.78 is 0. The highest BCUT2D eigenvalue weighted by Crippen LogP contribution is 2.45. The van der Waals surface area contributed by atoms with Crippen molar-refractivity contribution in [3.63, 3.8) is 0 Å². The minimum Gasteiger partial charge on any atom is -0.508 e. The predicted molar refractivity (Wildman–Crippen MR) is 157 cm³/mol. The first-order chi connectivity index (χ1) is 17.5. The number of anilines is 3. The van der Waals surface area contributed by atoms with Gasteiger partial charge in [0.05, 0.1) is 16.6 Å². The zero-order valence-corrected chi connectivity index (χ0v) is 22.8. The molecule has 0 saturated carbocycles. The minimum absolute atomic E-state index is 0.269. The van der Waals surface area contributed by atoms with Crippen molar-refractivity contribution in [2.24, 2.45) is 0 Å². The van der Waals surface area contributed by atoms with E-state index in [4.69, 9.17) is 0 Å². The van der Waals surface area contributed by atoms with Gasteiger partial charge in [0.1, 0.15) is 5.75 Å². The molecule has 0 aliphatic rings. The second-order valence-corrected chi connectivity index (χ2v) is 11.2. The van der Waals surface area contributed by atoms with Crippen LogP contribution in [0.5, 0.6) is 5.75 Å². The summed E-state index contributed by atoms with van der Waals surface area (Å²) >= 11 is 0. The van der Waals surface area contributed by atoms with Crippen molar-refractivity contribution >= 4 is 17.1 Å². The van der Waals surface area contributed by atoms with Gasteiger partial charge in [0, 0.05) is 22.6 Å². The number of phenolic OH excluding ortho intramolecular Hbond substituents is 1. The lowest BCUT2D eigenvalue weighted by atomic mass is 9.74. The molecule has 0 radical (unpaired) electrons. The summed E-state index contributed by atoms with van der Waals surface area (Å²) in [6.45, 7) is 13.0. The van der Waals surface area contributed by atoms with Crippen molar-refractivity contribution in [2.75, 3.05) is 16.0 Å². The highest BCUT2D eigenvalue weighted by molar-refractivity contribution is 5.61. The Hall–Kier alpha value is -3.92. The first-order valence-electron chi connectivity index (χ1n) is 12.9. The van der Waals surface area contributed by atoms with Crippen LogP contribution in [0.1, 0.15) is 58.2 Å². The molecule has 0 atom stereocenters. The molecule has 4 heteroatoms. The smallest absolute Gasteiger partial charge is 0.121 e. The van der Waals surface area contributed by atoms with E-state index in [-0.39, 0.29) is 5.75 Å². The third kappa shape index (κ3) is 5.91.